The smallest absolute Gasteiger partial charge is 0.321 e. The van der Waals surface area contributed by atoms with E-state index in [1.165, 1.54) is 0 Å². The molecule has 2 aliphatic rings. The van der Waals surface area contributed by atoms with E-state index in [-0.39, 0.29) is 17.9 Å². The summed E-state index contributed by atoms with van der Waals surface area (Å²) in [6.07, 6.45) is 6.74. The summed E-state index contributed by atoms with van der Waals surface area (Å²) in [5.41, 5.74) is 3.62. The molecule has 3 heterocycles. The number of anilines is 2. The molecule has 2 fully saturated rings. The van der Waals surface area contributed by atoms with Crippen molar-refractivity contribution in [2.45, 2.75) is 38.5 Å². The number of piperidine rings is 1. The third-order valence-corrected chi connectivity index (χ3v) is 5.56. The second kappa shape index (κ2) is 7.96. The zero-order valence-corrected chi connectivity index (χ0v) is 16.1. The lowest BCUT2D eigenvalue weighted by molar-refractivity contribution is -0.117. The van der Waals surface area contributed by atoms with E-state index in [4.69, 9.17) is 0 Å². The minimum absolute atomic E-state index is 0.110. The molecule has 2 saturated heterocycles. The van der Waals surface area contributed by atoms with Gasteiger partial charge in [-0.05, 0) is 49.9 Å². The number of urea groups is 1. The number of rotatable bonds is 3. The Kier molecular flexibility index (Phi) is 5.23. The Balaban J connectivity index is 1.45. The monoisotopic (exact) mass is 379 g/mol. The second-order valence-electron chi connectivity index (χ2n) is 7.50. The lowest BCUT2D eigenvalue weighted by Gasteiger charge is -2.32. The number of aryl methyl sites for hydroxylation is 1. The molecule has 28 heavy (non-hydrogen) atoms. The normalized spacial score (nSPS) is 19.8. The summed E-state index contributed by atoms with van der Waals surface area (Å²) in [7, 11) is 0. The molecule has 0 bridgehead atoms. The first-order chi connectivity index (χ1) is 13.6. The average Bonchev–Trinajstić information content (AvgIpc) is 3.16. The number of nitrogens with one attached hydrogen (secondary N) is 1. The van der Waals surface area contributed by atoms with E-state index in [0.29, 0.717) is 13.0 Å². The van der Waals surface area contributed by atoms with Crippen LogP contribution in [0.2, 0.25) is 0 Å². The van der Waals surface area contributed by atoms with Crippen molar-refractivity contribution in [1.82, 2.24) is 14.9 Å². The van der Waals surface area contributed by atoms with Gasteiger partial charge in [0, 0.05) is 55.2 Å². The number of benzene rings is 1. The Hall–Kier alpha value is -2.96. The fraction of sp³-hybridized carbons (Fsp3) is 0.429. The Bertz CT molecular complexity index is 870. The molecule has 7 nitrogen and oxygen atoms in total. The summed E-state index contributed by atoms with van der Waals surface area (Å²) in [5, 5.41) is 3.01. The van der Waals surface area contributed by atoms with Crippen molar-refractivity contribution < 1.29 is 9.59 Å². The Morgan fingerprint density at radius 3 is 2.86 bits per heavy atom. The predicted molar refractivity (Wildman–Crippen MR) is 107 cm³/mol. The molecule has 0 aliphatic carbocycles. The molecule has 1 aromatic heterocycles. The molecule has 3 amide bonds. The lowest BCUT2D eigenvalue weighted by atomic mass is 9.95. The summed E-state index contributed by atoms with van der Waals surface area (Å²) in [6, 6.07) is 7.56. The molecule has 146 valence electrons. The number of hydrogen-bond acceptors (Lipinski definition) is 4. The van der Waals surface area contributed by atoms with E-state index in [2.05, 4.69) is 15.3 Å². The highest BCUT2D eigenvalue weighted by atomic mass is 16.2. The van der Waals surface area contributed by atoms with Crippen molar-refractivity contribution in [3.63, 3.8) is 0 Å². The van der Waals surface area contributed by atoms with Crippen molar-refractivity contribution in [1.29, 1.82) is 0 Å². The zero-order chi connectivity index (χ0) is 19.5. The number of hydrogen-bond donors (Lipinski definition) is 1. The molecule has 2 aliphatic heterocycles. The van der Waals surface area contributed by atoms with Crippen molar-refractivity contribution in [2.24, 2.45) is 0 Å². The van der Waals surface area contributed by atoms with Crippen LogP contribution in [0.1, 0.15) is 42.9 Å². The standard InChI is InChI=1S/C21H25N5O2/c1-15-6-7-17(12-19(15)26-11-3-5-20(26)27)24-21(28)25-10-2-4-16(13-25)18-8-9-22-14-23-18/h6-9,12,14,16H,2-5,10-11,13H2,1H3,(H,24,28)/t16-/m0/s1. The van der Waals surface area contributed by atoms with Gasteiger partial charge in [0.25, 0.3) is 0 Å². The molecular weight excluding hydrogens is 354 g/mol. The maximum Gasteiger partial charge on any atom is 0.321 e. The highest BCUT2D eigenvalue weighted by molar-refractivity contribution is 5.97. The first kappa shape index (κ1) is 18.4. The minimum atomic E-state index is -0.110. The van der Waals surface area contributed by atoms with Crippen LogP contribution in [-0.2, 0) is 4.79 Å². The number of carbonyl (C=O) groups is 2. The van der Waals surface area contributed by atoms with Crippen LogP contribution < -0.4 is 10.2 Å². The van der Waals surface area contributed by atoms with E-state index < -0.39 is 0 Å². The van der Waals surface area contributed by atoms with E-state index in [9.17, 15) is 9.59 Å². The summed E-state index contributed by atoms with van der Waals surface area (Å²) in [6.45, 7) is 4.11. The van der Waals surface area contributed by atoms with Crippen LogP contribution in [0.15, 0.2) is 36.8 Å². The van der Waals surface area contributed by atoms with E-state index >= 15 is 0 Å². The minimum Gasteiger partial charge on any atom is -0.324 e. The molecule has 1 N–H and O–H groups in total. The van der Waals surface area contributed by atoms with Crippen molar-refractivity contribution in [3.8, 4) is 0 Å². The van der Waals surface area contributed by atoms with Gasteiger partial charge in [-0.2, -0.15) is 0 Å². The first-order valence-electron chi connectivity index (χ1n) is 9.84. The molecule has 0 saturated carbocycles. The van der Waals surface area contributed by atoms with Gasteiger partial charge in [0.1, 0.15) is 6.33 Å². The summed E-state index contributed by atoms with van der Waals surface area (Å²) >= 11 is 0. The fourth-order valence-corrected chi connectivity index (χ4v) is 4.03. The van der Waals surface area contributed by atoms with Gasteiger partial charge >= 0.3 is 6.03 Å². The van der Waals surface area contributed by atoms with Crippen LogP contribution >= 0.6 is 0 Å². The second-order valence-corrected chi connectivity index (χ2v) is 7.50. The Morgan fingerprint density at radius 1 is 1.21 bits per heavy atom. The fourth-order valence-electron chi connectivity index (χ4n) is 4.03. The van der Waals surface area contributed by atoms with Crippen LogP contribution in [0, 0.1) is 6.92 Å². The molecule has 7 heteroatoms. The lowest BCUT2D eigenvalue weighted by Crippen LogP contribution is -2.41. The predicted octanol–water partition coefficient (Wildman–Crippen LogP) is 3.32. The van der Waals surface area contributed by atoms with Crippen LogP contribution in [0.25, 0.3) is 0 Å². The maximum absolute atomic E-state index is 12.8. The van der Waals surface area contributed by atoms with Gasteiger partial charge in [0.05, 0.1) is 0 Å². The summed E-state index contributed by atoms with van der Waals surface area (Å²) in [5.74, 6) is 0.383. The van der Waals surface area contributed by atoms with Crippen molar-refractivity contribution in [3.05, 3.63) is 48.0 Å². The maximum atomic E-state index is 12.8. The third kappa shape index (κ3) is 3.83. The van der Waals surface area contributed by atoms with Gasteiger partial charge < -0.3 is 15.1 Å². The highest BCUT2D eigenvalue weighted by Crippen LogP contribution is 2.29. The molecule has 4 rings (SSSR count). The van der Waals surface area contributed by atoms with E-state index in [0.717, 1.165) is 55.0 Å². The molecule has 1 aromatic carbocycles. The summed E-state index contributed by atoms with van der Waals surface area (Å²) < 4.78 is 0. The van der Waals surface area contributed by atoms with Crippen molar-refractivity contribution in [2.75, 3.05) is 29.9 Å². The van der Waals surface area contributed by atoms with Crippen LogP contribution in [-0.4, -0.2) is 46.4 Å². The number of likely N-dealkylation sites (tertiary alicyclic amines) is 1. The molecule has 0 unspecified atom stereocenters. The molecular formula is C21H25N5O2. The van der Waals surface area contributed by atoms with Gasteiger partial charge in [-0.25, -0.2) is 14.8 Å². The Morgan fingerprint density at radius 2 is 2.11 bits per heavy atom. The highest BCUT2D eigenvalue weighted by Gasteiger charge is 2.26. The van der Waals surface area contributed by atoms with Crippen molar-refractivity contribution >= 4 is 23.3 Å². The largest absolute Gasteiger partial charge is 0.324 e. The number of carbonyl (C=O) groups excluding carboxylic acids is 2. The van der Waals surface area contributed by atoms with Crippen LogP contribution in [0.4, 0.5) is 16.2 Å². The Labute approximate surface area is 164 Å². The van der Waals surface area contributed by atoms with Crippen LogP contribution in [0.5, 0.6) is 0 Å². The van der Waals surface area contributed by atoms with Gasteiger partial charge in [-0.3, -0.25) is 4.79 Å². The average molecular weight is 379 g/mol. The SMILES string of the molecule is Cc1ccc(NC(=O)N2CCC[C@H](c3ccncn3)C2)cc1N1CCCC1=O. The molecule has 0 radical (unpaired) electrons. The molecule has 1 atom stereocenters. The van der Waals surface area contributed by atoms with E-state index in [1.54, 1.807) is 12.5 Å². The third-order valence-electron chi connectivity index (χ3n) is 5.56. The summed E-state index contributed by atoms with van der Waals surface area (Å²) in [4.78, 5) is 36.9. The quantitative estimate of drug-likeness (QED) is 0.887. The number of aromatic nitrogens is 2. The topological polar surface area (TPSA) is 78.4 Å². The molecule has 2 aromatic rings. The number of nitrogens with zero attached hydrogens (tertiary/aromatic N) is 4. The molecule has 0 spiro atoms. The van der Waals surface area contributed by atoms with Gasteiger partial charge in [0.15, 0.2) is 0 Å². The van der Waals surface area contributed by atoms with Gasteiger partial charge in [-0.15, -0.1) is 0 Å². The first-order valence-corrected chi connectivity index (χ1v) is 9.84. The van der Waals surface area contributed by atoms with Gasteiger partial charge in [-0.1, -0.05) is 6.07 Å². The van der Waals surface area contributed by atoms with E-state index in [1.807, 2.05) is 41.0 Å². The van der Waals surface area contributed by atoms with Crippen LogP contribution in [0.3, 0.4) is 0 Å². The van der Waals surface area contributed by atoms with Gasteiger partial charge in [0.2, 0.25) is 5.91 Å². The zero-order valence-electron chi connectivity index (χ0n) is 16.1. The number of amides is 3.